The van der Waals surface area contributed by atoms with E-state index in [0.717, 1.165) is 25.9 Å². The van der Waals surface area contributed by atoms with Crippen molar-refractivity contribution >= 4 is 34.9 Å². The molecule has 0 bridgehead atoms. The quantitative estimate of drug-likeness (QED) is 0.815. The predicted molar refractivity (Wildman–Crippen MR) is 75.5 cm³/mol. The van der Waals surface area contributed by atoms with Gasteiger partial charge in [-0.2, -0.15) is 0 Å². The number of hydrogen-bond donors (Lipinski definition) is 1. The van der Waals surface area contributed by atoms with Gasteiger partial charge in [-0.05, 0) is 31.0 Å². The summed E-state index contributed by atoms with van der Waals surface area (Å²) in [6.07, 6.45) is 4.52. The van der Waals surface area contributed by atoms with Gasteiger partial charge in [-0.25, -0.2) is 4.79 Å². The van der Waals surface area contributed by atoms with Crippen LogP contribution in [0.2, 0.25) is 10.0 Å². The predicted octanol–water partition coefficient (Wildman–Crippen LogP) is 4.40. The van der Waals surface area contributed by atoms with E-state index in [2.05, 4.69) is 5.32 Å². The maximum absolute atomic E-state index is 12.1. The molecule has 1 aromatic carbocycles. The molecule has 0 atom stereocenters. The van der Waals surface area contributed by atoms with Crippen molar-refractivity contribution in [2.24, 2.45) is 0 Å². The highest BCUT2D eigenvalue weighted by Crippen LogP contribution is 2.25. The minimum absolute atomic E-state index is 0.0962. The third kappa shape index (κ3) is 3.53. The van der Waals surface area contributed by atoms with Gasteiger partial charge < -0.3 is 10.2 Å². The first-order chi connectivity index (χ1) is 8.66. The lowest BCUT2D eigenvalue weighted by Gasteiger charge is -2.21. The van der Waals surface area contributed by atoms with Crippen LogP contribution in [-0.4, -0.2) is 24.0 Å². The number of hydrogen-bond acceptors (Lipinski definition) is 1. The molecule has 0 unspecified atom stereocenters. The third-order valence-corrected chi connectivity index (χ3v) is 3.63. The standard InChI is InChI=1S/C13H16Cl2N2O/c14-10-5-6-11(15)12(9-10)16-13(18)17-7-3-1-2-4-8-17/h5-6,9H,1-4,7-8H2,(H,16,18). The van der Waals surface area contributed by atoms with Gasteiger partial charge in [-0.15, -0.1) is 0 Å². The van der Waals surface area contributed by atoms with Crippen LogP contribution in [0.1, 0.15) is 25.7 Å². The zero-order valence-electron chi connectivity index (χ0n) is 10.1. The van der Waals surface area contributed by atoms with Crippen molar-refractivity contribution in [3.63, 3.8) is 0 Å². The lowest BCUT2D eigenvalue weighted by Crippen LogP contribution is -2.35. The fourth-order valence-electron chi connectivity index (χ4n) is 2.06. The second-order valence-electron chi connectivity index (χ2n) is 4.46. The van der Waals surface area contributed by atoms with Crippen LogP contribution >= 0.6 is 23.2 Å². The Balaban J connectivity index is 2.03. The van der Waals surface area contributed by atoms with Gasteiger partial charge in [0.2, 0.25) is 0 Å². The Bertz CT molecular complexity index is 429. The Labute approximate surface area is 117 Å². The molecule has 0 spiro atoms. The Morgan fingerprint density at radius 1 is 1.11 bits per heavy atom. The molecule has 2 rings (SSSR count). The number of urea groups is 1. The van der Waals surface area contributed by atoms with Gasteiger partial charge in [-0.3, -0.25) is 0 Å². The molecule has 0 aliphatic carbocycles. The van der Waals surface area contributed by atoms with E-state index in [1.54, 1.807) is 18.2 Å². The highest BCUT2D eigenvalue weighted by atomic mass is 35.5. The molecule has 1 N–H and O–H groups in total. The number of nitrogens with zero attached hydrogens (tertiary/aromatic N) is 1. The Hall–Kier alpha value is -0.930. The van der Waals surface area contributed by atoms with Gasteiger partial charge in [0.1, 0.15) is 0 Å². The molecule has 98 valence electrons. The van der Waals surface area contributed by atoms with E-state index in [1.807, 2.05) is 4.90 Å². The molecular weight excluding hydrogens is 271 g/mol. The van der Waals surface area contributed by atoms with Crippen LogP contribution in [0.15, 0.2) is 18.2 Å². The lowest BCUT2D eigenvalue weighted by atomic mass is 10.2. The van der Waals surface area contributed by atoms with Crippen LogP contribution in [0.5, 0.6) is 0 Å². The van der Waals surface area contributed by atoms with Crippen LogP contribution in [0.3, 0.4) is 0 Å². The van der Waals surface area contributed by atoms with Gasteiger partial charge in [0, 0.05) is 18.1 Å². The van der Waals surface area contributed by atoms with Gasteiger partial charge in [0.05, 0.1) is 10.7 Å². The van der Waals surface area contributed by atoms with Crippen molar-refractivity contribution in [1.29, 1.82) is 0 Å². The van der Waals surface area contributed by atoms with Crippen LogP contribution in [0, 0.1) is 0 Å². The smallest absolute Gasteiger partial charge is 0.321 e. The van der Waals surface area contributed by atoms with Crippen molar-refractivity contribution in [3.8, 4) is 0 Å². The molecule has 5 heteroatoms. The first-order valence-corrected chi connectivity index (χ1v) is 6.93. The lowest BCUT2D eigenvalue weighted by molar-refractivity contribution is 0.214. The van der Waals surface area contributed by atoms with Crippen molar-refractivity contribution in [2.75, 3.05) is 18.4 Å². The number of likely N-dealkylation sites (tertiary alicyclic amines) is 1. The summed E-state index contributed by atoms with van der Waals surface area (Å²) in [7, 11) is 0. The molecule has 18 heavy (non-hydrogen) atoms. The number of rotatable bonds is 1. The van der Waals surface area contributed by atoms with E-state index < -0.39 is 0 Å². The highest BCUT2D eigenvalue weighted by molar-refractivity contribution is 6.35. The van der Waals surface area contributed by atoms with E-state index in [1.165, 1.54) is 12.8 Å². The van der Waals surface area contributed by atoms with E-state index in [4.69, 9.17) is 23.2 Å². The van der Waals surface area contributed by atoms with Crippen molar-refractivity contribution < 1.29 is 4.79 Å². The molecule has 1 saturated heterocycles. The summed E-state index contributed by atoms with van der Waals surface area (Å²) >= 11 is 11.9. The monoisotopic (exact) mass is 286 g/mol. The highest BCUT2D eigenvalue weighted by Gasteiger charge is 2.16. The summed E-state index contributed by atoms with van der Waals surface area (Å²) in [4.78, 5) is 13.9. The molecule has 2 amide bonds. The minimum Gasteiger partial charge on any atom is -0.325 e. The average molecular weight is 287 g/mol. The first kappa shape index (κ1) is 13.5. The number of halogens is 2. The largest absolute Gasteiger partial charge is 0.325 e. The number of amides is 2. The molecule has 1 aliphatic heterocycles. The van der Waals surface area contributed by atoms with Crippen LogP contribution in [0.4, 0.5) is 10.5 Å². The fourth-order valence-corrected chi connectivity index (χ4v) is 2.40. The average Bonchev–Trinajstić information content (AvgIpc) is 2.62. The summed E-state index contributed by atoms with van der Waals surface area (Å²) < 4.78 is 0. The number of carbonyl (C=O) groups excluding carboxylic acids is 1. The Kier molecular flexibility index (Phi) is 4.72. The molecule has 3 nitrogen and oxygen atoms in total. The van der Waals surface area contributed by atoms with Crippen molar-refractivity contribution in [1.82, 2.24) is 4.90 Å². The second kappa shape index (κ2) is 6.30. The van der Waals surface area contributed by atoms with Gasteiger partial charge in [0.25, 0.3) is 0 Å². The summed E-state index contributed by atoms with van der Waals surface area (Å²) in [6, 6.07) is 4.95. The van der Waals surface area contributed by atoms with Crippen molar-refractivity contribution in [2.45, 2.75) is 25.7 Å². The molecule has 1 aliphatic rings. The number of carbonyl (C=O) groups is 1. The summed E-state index contributed by atoms with van der Waals surface area (Å²) in [5, 5.41) is 3.88. The van der Waals surface area contributed by atoms with E-state index in [0.29, 0.717) is 15.7 Å². The van der Waals surface area contributed by atoms with Crippen LogP contribution in [0.25, 0.3) is 0 Å². The number of benzene rings is 1. The Morgan fingerprint density at radius 3 is 2.44 bits per heavy atom. The summed E-state index contributed by atoms with van der Waals surface area (Å²) in [6.45, 7) is 1.62. The van der Waals surface area contributed by atoms with Crippen molar-refractivity contribution in [3.05, 3.63) is 28.2 Å². The zero-order chi connectivity index (χ0) is 13.0. The maximum Gasteiger partial charge on any atom is 0.321 e. The summed E-state index contributed by atoms with van der Waals surface area (Å²) in [5.41, 5.74) is 0.568. The number of nitrogens with one attached hydrogen (secondary N) is 1. The zero-order valence-corrected chi connectivity index (χ0v) is 11.6. The first-order valence-electron chi connectivity index (χ1n) is 6.18. The fraction of sp³-hybridized carbons (Fsp3) is 0.462. The molecule has 0 radical (unpaired) electrons. The van der Waals surface area contributed by atoms with Crippen LogP contribution in [-0.2, 0) is 0 Å². The van der Waals surface area contributed by atoms with E-state index in [9.17, 15) is 4.79 Å². The van der Waals surface area contributed by atoms with E-state index >= 15 is 0 Å². The molecule has 1 fully saturated rings. The molecule has 1 aromatic rings. The van der Waals surface area contributed by atoms with Gasteiger partial charge in [0.15, 0.2) is 0 Å². The molecule has 1 heterocycles. The Morgan fingerprint density at radius 2 is 1.78 bits per heavy atom. The topological polar surface area (TPSA) is 32.3 Å². The van der Waals surface area contributed by atoms with Gasteiger partial charge >= 0.3 is 6.03 Å². The normalized spacial score (nSPS) is 16.2. The minimum atomic E-state index is -0.0962. The van der Waals surface area contributed by atoms with Gasteiger partial charge in [-0.1, -0.05) is 36.0 Å². The number of anilines is 1. The van der Waals surface area contributed by atoms with Crippen LogP contribution < -0.4 is 5.32 Å². The third-order valence-electron chi connectivity index (χ3n) is 3.06. The van der Waals surface area contributed by atoms with E-state index in [-0.39, 0.29) is 6.03 Å². The molecule has 0 aromatic heterocycles. The molecule has 0 saturated carbocycles. The SMILES string of the molecule is O=C(Nc1cc(Cl)ccc1Cl)N1CCCCCC1. The molecular formula is C13H16Cl2N2O. The second-order valence-corrected chi connectivity index (χ2v) is 5.30. The summed E-state index contributed by atoms with van der Waals surface area (Å²) in [5.74, 6) is 0. The maximum atomic E-state index is 12.1.